The SMILES string of the molecule is C[C@@]1(C2CC2)CCC2C(CNC(=O)N(CCC(F)(F)F)C(=N)c3ccc(Cl)cc3)=NN(c3cccc(Cl)c3)C2C1. The van der Waals surface area contributed by atoms with Crippen LogP contribution in [0.4, 0.5) is 23.7 Å². The molecule has 0 radical (unpaired) electrons. The highest BCUT2D eigenvalue weighted by Crippen LogP contribution is 2.56. The molecule has 2 aromatic carbocycles. The number of urea groups is 1. The van der Waals surface area contributed by atoms with Gasteiger partial charge < -0.3 is 5.32 Å². The fraction of sp³-hybridized carbons (Fsp3) is 0.483. The lowest BCUT2D eigenvalue weighted by Gasteiger charge is -2.43. The van der Waals surface area contributed by atoms with Gasteiger partial charge in [-0.3, -0.25) is 15.3 Å². The standard InChI is InChI=1S/C29H32Cl2F3N5O/c1-28(19-7-8-19)12-11-23-24(37-39(25(23)16-28)22-4-2-3-21(31)15-22)17-36-27(40)38(14-13-29(32,33)34)26(35)18-5-9-20(30)10-6-18/h2-6,9-10,15,19,23,25,35H,7-8,11-14,16-17H2,1H3,(H,36,40)/t23?,25?,28-/m1/s1. The first kappa shape index (κ1) is 28.7. The van der Waals surface area contributed by atoms with Crippen molar-refractivity contribution in [3.05, 3.63) is 64.1 Å². The van der Waals surface area contributed by atoms with Crippen LogP contribution < -0.4 is 10.3 Å². The van der Waals surface area contributed by atoms with Crippen LogP contribution in [-0.4, -0.2) is 47.8 Å². The van der Waals surface area contributed by atoms with Gasteiger partial charge in [0.2, 0.25) is 0 Å². The van der Waals surface area contributed by atoms with Gasteiger partial charge in [0.15, 0.2) is 0 Å². The van der Waals surface area contributed by atoms with Crippen LogP contribution in [0.3, 0.4) is 0 Å². The number of amides is 2. The normalized spacial score (nSPS) is 24.4. The van der Waals surface area contributed by atoms with Gasteiger partial charge in [-0.2, -0.15) is 18.3 Å². The van der Waals surface area contributed by atoms with E-state index in [0.717, 1.165) is 41.5 Å². The zero-order valence-electron chi connectivity index (χ0n) is 22.1. The van der Waals surface area contributed by atoms with Crippen LogP contribution in [0.1, 0.15) is 51.0 Å². The van der Waals surface area contributed by atoms with Crippen LogP contribution in [0.25, 0.3) is 0 Å². The number of nitrogens with one attached hydrogen (secondary N) is 2. The first-order valence-electron chi connectivity index (χ1n) is 13.5. The van der Waals surface area contributed by atoms with Crippen LogP contribution in [0.2, 0.25) is 10.0 Å². The number of fused-ring (bicyclic) bond motifs is 1. The predicted molar refractivity (Wildman–Crippen MR) is 152 cm³/mol. The molecule has 40 heavy (non-hydrogen) atoms. The average molecular weight is 595 g/mol. The molecular formula is C29H32Cl2F3N5O. The van der Waals surface area contributed by atoms with Crippen molar-refractivity contribution in [2.45, 2.75) is 57.7 Å². The third-order valence-electron chi connectivity index (χ3n) is 8.45. The number of carbonyl (C=O) groups is 1. The first-order chi connectivity index (χ1) is 18.9. The quantitative estimate of drug-likeness (QED) is 0.254. The summed E-state index contributed by atoms with van der Waals surface area (Å²) in [4.78, 5) is 14.1. The summed E-state index contributed by atoms with van der Waals surface area (Å²) in [6, 6.07) is 12.9. The molecule has 3 aliphatic rings. The maximum atomic E-state index is 13.2. The molecule has 1 aliphatic heterocycles. The Morgan fingerprint density at radius 1 is 1.15 bits per heavy atom. The van der Waals surface area contributed by atoms with Crippen molar-refractivity contribution in [3.63, 3.8) is 0 Å². The summed E-state index contributed by atoms with van der Waals surface area (Å²) in [6.45, 7) is 1.76. The molecule has 2 aliphatic carbocycles. The zero-order valence-corrected chi connectivity index (χ0v) is 23.7. The van der Waals surface area contributed by atoms with Gasteiger partial charge in [0.05, 0.1) is 30.4 Å². The minimum Gasteiger partial charge on any atom is -0.332 e. The maximum absolute atomic E-state index is 13.2. The van der Waals surface area contributed by atoms with Gasteiger partial charge in [0.25, 0.3) is 0 Å². The number of amidine groups is 1. The molecule has 0 spiro atoms. The Morgan fingerprint density at radius 2 is 1.88 bits per heavy atom. The molecule has 2 saturated carbocycles. The monoisotopic (exact) mass is 593 g/mol. The van der Waals surface area contributed by atoms with E-state index in [1.165, 1.54) is 37.1 Å². The van der Waals surface area contributed by atoms with E-state index in [0.29, 0.717) is 15.6 Å². The molecule has 1 heterocycles. The Hall–Kier alpha value is -2.78. The lowest BCUT2D eigenvalue weighted by molar-refractivity contribution is -0.135. The number of hydrazone groups is 1. The van der Waals surface area contributed by atoms with Crippen molar-refractivity contribution in [2.24, 2.45) is 22.4 Å². The van der Waals surface area contributed by atoms with Crippen molar-refractivity contribution in [3.8, 4) is 0 Å². The molecule has 5 rings (SSSR count). The summed E-state index contributed by atoms with van der Waals surface area (Å²) in [7, 11) is 0. The van der Waals surface area contributed by atoms with E-state index in [2.05, 4.69) is 12.2 Å². The van der Waals surface area contributed by atoms with Crippen LogP contribution in [-0.2, 0) is 0 Å². The number of halogens is 5. The van der Waals surface area contributed by atoms with Gasteiger partial charge in [0, 0.05) is 28.1 Å². The van der Waals surface area contributed by atoms with Crippen molar-refractivity contribution in [2.75, 3.05) is 18.1 Å². The third-order valence-corrected chi connectivity index (χ3v) is 8.94. The van der Waals surface area contributed by atoms with E-state index in [9.17, 15) is 18.0 Å². The summed E-state index contributed by atoms with van der Waals surface area (Å²) < 4.78 is 39.3. The molecule has 0 saturated heterocycles. The Morgan fingerprint density at radius 3 is 2.52 bits per heavy atom. The van der Waals surface area contributed by atoms with Crippen molar-refractivity contribution in [1.29, 1.82) is 5.41 Å². The fourth-order valence-corrected chi connectivity index (χ4v) is 6.41. The van der Waals surface area contributed by atoms with Crippen LogP contribution in [0, 0.1) is 22.7 Å². The number of nitrogens with zero attached hydrogens (tertiary/aromatic N) is 3. The molecule has 2 N–H and O–H groups in total. The Bertz CT molecular complexity index is 1300. The van der Waals surface area contributed by atoms with E-state index in [4.69, 9.17) is 33.7 Å². The van der Waals surface area contributed by atoms with Crippen LogP contribution in [0.15, 0.2) is 53.6 Å². The molecule has 3 atom stereocenters. The number of hydrogen-bond donors (Lipinski definition) is 2. The van der Waals surface area contributed by atoms with E-state index in [-0.39, 0.29) is 29.8 Å². The molecule has 11 heteroatoms. The first-order valence-corrected chi connectivity index (χ1v) is 14.3. The van der Waals surface area contributed by atoms with Gasteiger partial charge in [-0.1, -0.05) is 36.2 Å². The minimum absolute atomic E-state index is 0.0770. The average Bonchev–Trinajstić information content (AvgIpc) is 3.70. The van der Waals surface area contributed by atoms with Gasteiger partial charge >= 0.3 is 12.2 Å². The number of rotatable bonds is 7. The number of carbonyl (C=O) groups excluding carboxylic acids is 1. The van der Waals surface area contributed by atoms with Crippen molar-refractivity contribution < 1.29 is 18.0 Å². The van der Waals surface area contributed by atoms with Gasteiger partial charge in [-0.15, -0.1) is 0 Å². The summed E-state index contributed by atoms with van der Waals surface area (Å²) >= 11 is 12.2. The molecule has 214 valence electrons. The number of benzene rings is 2. The Balaban J connectivity index is 1.34. The summed E-state index contributed by atoms with van der Waals surface area (Å²) in [5, 5.41) is 19.2. The smallest absolute Gasteiger partial charge is 0.332 e. The molecule has 6 nitrogen and oxygen atoms in total. The molecule has 0 bridgehead atoms. The second kappa shape index (κ2) is 11.2. The molecule has 2 aromatic rings. The number of hydrogen-bond acceptors (Lipinski definition) is 4. The molecule has 2 amide bonds. The largest absolute Gasteiger partial charge is 0.390 e. The van der Waals surface area contributed by atoms with Gasteiger partial charge in [-0.25, -0.2) is 4.79 Å². The van der Waals surface area contributed by atoms with Crippen molar-refractivity contribution >= 4 is 46.5 Å². The van der Waals surface area contributed by atoms with Gasteiger partial charge in [0.1, 0.15) is 5.84 Å². The lowest BCUT2D eigenvalue weighted by Crippen LogP contribution is -2.48. The van der Waals surface area contributed by atoms with E-state index >= 15 is 0 Å². The van der Waals surface area contributed by atoms with Crippen molar-refractivity contribution in [1.82, 2.24) is 10.2 Å². The highest BCUT2D eigenvalue weighted by atomic mass is 35.5. The fourth-order valence-electron chi connectivity index (χ4n) is 6.10. The minimum atomic E-state index is -4.48. The summed E-state index contributed by atoms with van der Waals surface area (Å²) in [6.07, 6.45) is -0.255. The van der Waals surface area contributed by atoms with E-state index in [1.807, 2.05) is 29.3 Å². The maximum Gasteiger partial charge on any atom is 0.390 e. The lowest BCUT2D eigenvalue weighted by atomic mass is 9.65. The number of alkyl halides is 3. The second-order valence-electron chi connectivity index (χ2n) is 11.3. The highest BCUT2D eigenvalue weighted by molar-refractivity contribution is 6.31. The second-order valence-corrected chi connectivity index (χ2v) is 12.2. The van der Waals surface area contributed by atoms with Crippen LogP contribution >= 0.6 is 23.2 Å². The molecule has 2 fully saturated rings. The summed E-state index contributed by atoms with van der Waals surface area (Å²) in [5.74, 6) is 0.494. The zero-order chi connectivity index (χ0) is 28.7. The topological polar surface area (TPSA) is 71.8 Å². The van der Waals surface area contributed by atoms with E-state index in [1.54, 1.807) is 0 Å². The highest BCUT2D eigenvalue weighted by Gasteiger charge is 2.51. The number of anilines is 1. The van der Waals surface area contributed by atoms with Crippen LogP contribution in [0.5, 0.6) is 0 Å². The van der Waals surface area contributed by atoms with Gasteiger partial charge in [-0.05, 0) is 85.9 Å². The third kappa shape index (κ3) is 6.41. The Kier molecular flexibility index (Phi) is 8.08. The predicted octanol–water partition coefficient (Wildman–Crippen LogP) is 7.74. The molecular weight excluding hydrogens is 562 g/mol. The van der Waals surface area contributed by atoms with E-state index < -0.39 is 25.2 Å². The molecule has 2 unspecified atom stereocenters. The molecule has 0 aromatic heterocycles. The Labute approximate surface area is 242 Å². The summed E-state index contributed by atoms with van der Waals surface area (Å²) in [5.41, 5.74) is 2.18.